The van der Waals surface area contributed by atoms with Crippen LogP contribution in [0.3, 0.4) is 0 Å². The molecule has 2 atom stereocenters. The van der Waals surface area contributed by atoms with E-state index in [1.807, 2.05) is 35.2 Å². The monoisotopic (exact) mass is 353 g/mol. The summed E-state index contributed by atoms with van der Waals surface area (Å²) >= 11 is 0. The van der Waals surface area contributed by atoms with Crippen molar-refractivity contribution in [1.82, 2.24) is 14.7 Å². The number of ether oxygens (including phenoxy) is 1. The molecule has 0 saturated carbocycles. The smallest absolute Gasteiger partial charge is 0.410 e. The van der Waals surface area contributed by atoms with Crippen LogP contribution >= 0.6 is 0 Å². The first kappa shape index (κ1) is 17.2. The number of hydrogen-bond acceptors (Lipinski definition) is 4. The number of allylic oxidation sites excluding steroid dienone is 2. The Morgan fingerprint density at radius 1 is 1.12 bits per heavy atom. The molecule has 138 valence electrons. The van der Waals surface area contributed by atoms with Gasteiger partial charge in [0.2, 0.25) is 0 Å². The first-order chi connectivity index (χ1) is 12.7. The molecule has 5 heteroatoms. The largest absolute Gasteiger partial charge is 0.439 e. The van der Waals surface area contributed by atoms with Crippen molar-refractivity contribution in [1.29, 1.82) is 0 Å². The van der Waals surface area contributed by atoms with Crippen LogP contribution in [0.2, 0.25) is 0 Å². The molecule has 0 bridgehead atoms. The lowest BCUT2D eigenvalue weighted by atomic mass is 9.98. The fraction of sp³-hybridized carbons (Fsp3) is 0.476. The summed E-state index contributed by atoms with van der Waals surface area (Å²) in [5.41, 5.74) is 2.40. The predicted molar refractivity (Wildman–Crippen MR) is 102 cm³/mol. The Balaban J connectivity index is 1.31. The molecule has 2 unspecified atom stereocenters. The lowest BCUT2D eigenvalue weighted by Crippen LogP contribution is -2.43. The highest BCUT2D eigenvalue weighted by Gasteiger charge is 2.33. The van der Waals surface area contributed by atoms with Crippen molar-refractivity contribution in [3.05, 3.63) is 59.8 Å². The lowest BCUT2D eigenvalue weighted by molar-refractivity contribution is 0.131. The predicted octanol–water partition coefficient (Wildman–Crippen LogP) is 2.89. The van der Waals surface area contributed by atoms with Crippen LogP contribution in [0.1, 0.15) is 18.1 Å². The van der Waals surface area contributed by atoms with Gasteiger partial charge in [-0.05, 0) is 31.0 Å². The summed E-state index contributed by atoms with van der Waals surface area (Å²) in [6, 6.07) is 10.00. The molecule has 2 saturated heterocycles. The van der Waals surface area contributed by atoms with E-state index >= 15 is 0 Å². The van der Waals surface area contributed by atoms with Gasteiger partial charge in [-0.2, -0.15) is 0 Å². The van der Waals surface area contributed by atoms with Crippen LogP contribution < -0.4 is 0 Å². The summed E-state index contributed by atoms with van der Waals surface area (Å²) in [5.74, 6) is 0.369. The third-order valence-corrected chi connectivity index (χ3v) is 5.55. The normalized spacial score (nSPS) is 26.8. The zero-order valence-corrected chi connectivity index (χ0v) is 15.4. The van der Waals surface area contributed by atoms with E-state index in [1.54, 1.807) is 0 Å². The van der Waals surface area contributed by atoms with Gasteiger partial charge in [0.1, 0.15) is 6.10 Å². The molecule has 2 aliphatic heterocycles. The molecular formula is C21H27N3O2. The highest BCUT2D eigenvalue weighted by molar-refractivity contribution is 5.70. The first-order valence-corrected chi connectivity index (χ1v) is 9.51. The third kappa shape index (κ3) is 3.78. The van der Waals surface area contributed by atoms with Crippen molar-refractivity contribution in [2.24, 2.45) is 5.92 Å². The van der Waals surface area contributed by atoms with E-state index in [1.165, 1.54) is 5.70 Å². The number of amides is 1. The van der Waals surface area contributed by atoms with Crippen LogP contribution in [0, 0.1) is 5.92 Å². The second-order valence-corrected chi connectivity index (χ2v) is 7.46. The van der Waals surface area contributed by atoms with E-state index in [2.05, 4.69) is 35.1 Å². The molecule has 1 amide bonds. The maximum Gasteiger partial charge on any atom is 0.410 e. The van der Waals surface area contributed by atoms with Crippen molar-refractivity contribution in [3.8, 4) is 0 Å². The number of carbonyl (C=O) groups is 1. The fourth-order valence-corrected chi connectivity index (χ4v) is 3.87. The minimum Gasteiger partial charge on any atom is -0.439 e. The van der Waals surface area contributed by atoms with Gasteiger partial charge in [0.15, 0.2) is 0 Å². The highest BCUT2D eigenvalue weighted by Crippen LogP contribution is 2.28. The van der Waals surface area contributed by atoms with Gasteiger partial charge in [-0.1, -0.05) is 42.5 Å². The Morgan fingerprint density at radius 3 is 2.58 bits per heavy atom. The molecule has 1 aromatic rings. The molecule has 2 heterocycles. The Bertz CT molecular complexity index is 692. The quantitative estimate of drug-likeness (QED) is 0.834. The number of piperazine rings is 1. The second kappa shape index (κ2) is 7.54. The van der Waals surface area contributed by atoms with Gasteiger partial charge in [0.25, 0.3) is 0 Å². The Hall–Kier alpha value is -2.27. The fourth-order valence-electron chi connectivity index (χ4n) is 3.87. The van der Waals surface area contributed by atoms with Crippen LogP contribution in [-0.4, -0.2) is 67.1 Å². The SMILES string of the molecule is CN1CCN(C2=CCC(CN3CC(c4ccccc4)OC3=O)C=C2)CC1. The van der Waals surface area contributed by atoms with Crippen LogP contribution in [-0.2, 0) is 4.74 Å². The number of rotatable bonds is 4. The Kier molecular flexibility index (Phi) is 4.98. The number of benzene rings is 1. The summed E-state index contributed by atoms with van der Waals surface area (Å²) in [6.45, 7) is 5.79. The molecule has 2 fully saturated rings. The topological polar surface area (TPSA) is 36.0 Å². The van der Waals surface area contributed by atoms with Gasteiger partial charge in [-0.3, -0.25) is 0 Å². The number of cyclic esters (lactones) is 1. The second-order valence-electron chi connectivity index (χ2n) is 7.46. The summed E-state index contributed by atoms with van der Waals surface area (Å²) in [4.78, 5) is 18.9. The van der Waals surface area contributed by atoms with E-state index in [0.717, 1.165) is 44.7 Å². The number of hydrogen-bond donors (Lipinski definition) is 0. The van der Waals surface area contributed by atoms with Crippen LogP contribution in [0.5, 0.6) is 0 Å². The number of nitrogens with zero attached hydrogens (tertiary/aromatic N) is 3. The minimum absolute atomic E-state index is 0.146. The van der Waals surface area contributed by atoms with Crippen molar-refractivity contribution < 1.29 is 9.53 Å². The molecule has 4 rings (SSSR count). The maximum absolute atomic E-state index is 12.2. The molecule has 0 spiro atoms. The van der Waals surface area contributed by atoms with Gasteiger partial charge in [-0.25, -0.2) is 4.79 Å². The minimum atomic E-state index is -0.193. The molecule has 26 heavy (non-hydrogen) atoms. The summed E-state index contributed by atoms with van der Waals surface area (Å²) in [7, 11) is 2.18. The molecule has 1 aliphatic carbocycles. The number of likely N-dealkylation sites (N-methyl/N-ethyl adjacent to an activating group) is 1. The molecule has 0 radical (unpaired) electrons. The van der Waals surface area contributed by atoms with E-state index in [0.29, 0.717) is 12.5 Å². The Morgan fingerprint density at radius 2 is 1.88 bits per heavy atom. The van der Waals surface area contributed by atoms with E-state index in [-0.39, 0.29) is 12.2 Å². The van der Waals surface area contributed by atoms with Crippen LogP contribution in [0.25, 0.3) is 0 Å². The average Bonchev–Trinajstić information content (AvgIpc) is 3.04. The van der Waals surface area contributed by atoms with Crippen molar-refractivity contribution in [2.75, 3.05) is 46.3 Å². The number of carbonyl (C=O) groups excluding carboxylic acids is 1. The molecule has 0 aromatic heterocycles. The summed E-state index contributed by atoms with van der Waals surface area (Å²) in [6.07, 6.45) is 7.46. The van der Waals surface area contributed by atoms with E-state index in [9.17, 15) is 4.79 Å². The molecule has 3 aliphatic rings. The van der Waals surface area contributed by atoms with Crippen molar-refractivity contribution >= 4 is 6.09 Å². The van der Waals surface area contributed by atoms with Gasteiger partial charge in [-0.15, -0.1) is 0 Å². The maximum atomic E-state index is 12.2. The van der Waals surface area contributed by atoms with Gasteiger partial charge < -0.3 is 19.4 Å². The Labute approximate surface area is 155 Å². The van der Waals surface area contributed by atoms with Gasteiger partial charge >= 0.3 is 6.09 Å². The van der Waals surface area contributed by atoms with Crippen molar-refractivity contribution in [2.45, 2.75) is 12.5 Å². The van der Waals surface area contributed by atoms with Gasteiger partial charge in [0.05, 0.1) is 6.54 Å². The third-order valence-electron chi connectivity index (χ3n) is 5.55. The molecule has 0 N–H and O–H groups in total. The lowest BCUT2D eigenvalue weighted by Gasteiger charge is -2.36. The van der Waals surface area contributed by atoms with Gasteiger partial charge in [0, 0.05) is 38.4 Å². The standard InChI is InChI=1S/C21H27N3O2/c1-22-11-13-23(14-12-22)19-9-7-17(8-10-19)15-24-16-20(26-21(24)25)18-5-3-2-4-6-18/h2-7,9-10,17,20H,8,11-16H2,1H3. The highest BCUT2D eigenvalue weighted by atomic mass is 16.6. The molecule has 5 nitrogen and oxygen atoms in total. The average molecular weight is 353 g/mol. The molecular weight excluding hydrogens is 326 g/mol. The van der Waals surface area contributed by atoms with E-state index < -0.39 is 0 Å². The first-order valence-electron chi connectivity index (χ1n) is 9.51. The zero-order valence-electron chi connectivity index (χ0n) is 15.4. The summed E-state index contributed by atoms with van der Waals surface area (Å²) < 4.78 is 5.56. The summed E-state index contributed by atoms with van der Waals surface area (Å²) in [5, 5.41) is 0. The van der Waals surface area contributed by atoms with E-state index in [4.69, 9.17) is 4.74 Å². The zero-order chi connectivity index (χ0) is 17.9. The van der Waals surface area contributed by atoms with Crippen LogP contribution in [0.4, 0.5) is 4.79 Å². The van der Waals surface area contributed by atoms with Crippen molar-refractivity contribution in [3.63, 3.8) is 0 Å². The molecule has 1 aromatic carbocycles. The van der Waals surface area contributed by atoms with Crippen LogP contribution in [0.15, 0.2) is 54.3 Å².